The van der Waals surface area contributed by atoms with Crippen molar-refractivity contribution in [3.63, 3.8) is 0 Å². The highest BCUT2D eigenvalue weighted by molar-refractivity contribution is 7.17. The molecule has 11 heavy (non-hydrogen) atoms. The van der Waals surface area contributed by atoms with Crippen molar-refractivity contribution >= 4 is 34.7 Å². The third kappa shape index (κ3) is 2.40. The number of nitrogens with one attached hydrogen (secondary N) is 1. The molecule has 0 aliphatic heterocycles. The maximum absolute atomic E-state index is 10.3. The summed E-state index contributed by atoms with van der Waals surface area (Å²) in [6.45, 7) is 0. The van der Waals surface area contributed by atoms with Gasteiger partial charge in [0.25, 0.3) is 0 Å². The van der Waals surface area contributed by atoms with Gasteiger partial charge in [0.05, 0.1) is 5.00 Å². The van der Waals surface area contributed by atoms with Crippen molar-refractivity contribution in [1.82, 2.24) is 0 Å². The van der Waals surface area contributed by atoms with Crippen LogP contribution in [-0.4, -0.2) is 18.1 Å². The van der Waals surface area contributed by atoms with Crippen LogP contribution in [0.4, 0.5) is 5.00 Å². The zero-order valence-electron chi connectivity index (χ0n) is 5.83. The highest BCUT2D eigenvalue weighted by atomic mass is 35.5. The number of thiophene rings is 1. The van der Waals surface area contributed by atoms with Gasteiger partial charge in [-0.05, 0) is 12.1 Å². The van der Waals surface area contributed by atoms with Crippen LogP contribution in [0, 0.1) is 0 Å². The van der Waals surface area contributed by atoms with E-state index in [9.17, 15) is 4.79 Å². The van der Waals surface area contributed by atoms with E-state index in [0.29, 0.717) is 4.88 Å². The Kier molecular flexibility index (Phi) is 3.92. The first-order valence-corrected chi connectivity index (χ1v) is 3.56. The number of rotatable bonds is 2. The van der Waals surface area contributed by atoms with Gasteiger partial charge >= 0.3 is 5.97 Å². The van der Waals surface area contributed by atoms with Gasteiger partial charge in [-0.3, -0.25) is 0 Å². The van der Waals surface area contributed by atoms with Crippen LogP contribution in [0.2, 0.25) is 0 Å². The van der Waals surface area contributed by atoms with E-state index in [2.05, 4.69) is 5.32 Å². The van der Waals surface area contributed by atoms with Gasteiger partial charge in [0.2, 0.25) is 0 Å². The molecule has 0 fully saturated rings. The average Bonchev–Trinajstić information content (AvgIpc) is 2.34. The fourth-order valence-corrected chi connectivity index (χ4v) is 1.29. The van der Waals surface area contributed by atoms with E-state index < -0.39 is 5.97 Å². The number of carboxylic acid groups (broad SMARTS) is 1. The Morgan fingerprint density at radius 1 is 1.64 bits per heavy atom. The molecule has 0 saturated carbocycles. The van der Waals surface area contributed by atoms with Crippen LogP contribution in [0.25, 0.3) is 0 Å². The highest BCUT2D eigenvalue weighted by Crippen LogP contribution is 2.20. The summed E-state index contributed by atoms with van der Waals surface area (Å²) in [4.78, 5) is 10.7. The second kappa shape index (κ2) is 4.20. The van der Waals surface area contributed by atoms with E-state index in [1.807, 2.05) is 0 Å². The van der Waals surface area contributed by atoms with Crippen LogP contribution >= 0.6 is 23.7 Å². The molecule has 0 aliphatic carbocycles. The van der Waals surface area contributed by atoms with Crippen molar-refractivity contribution < 1.29 is 9.90 Å². The molecule has 0 unspecified atom stereocenters. The summed E-state index contributed by atoms with van der Waals surface area (Å²) in [5, 5.41) is 12.2. The highest BCUT2D eigenvalue weighted by Gasteiger charge is 2.04. The molecule has 1 heterocycles. The zero-order chi connectivity index (χ0) is 7.56. The topological polar surface area (TPSA) is 49.3 Å². The van der Waals surface area contributed by atoms with Gasteiger partial charge in [-0.25, -0.2) is 4.79 Å². The Hall–Kier alpha value is -0.740. The third-order valence-electron chi connectivity index (χ3n) is 1.06. The Bertz CT molecular complexity index is 248. The van der Waals surface area contributed by atoms with Crippen LogP contribution in [-0.2, 0) is 0 Å². The largest absolute Gasteiger partial charge is 0.477 e. The van der Waals surface area contributed by atoms with Gasteiger partial charge in [0.15, 0.2) is 0 Å². The molecular formula is C6H8ClNO2S. The number of anilines is 1. The van der Waals surface area contributed by atoms with Crippen molar-refractivity contribution in [2.75, 3.05) is 12.4 Å². The van der Waals surface area contributed by atoms with Crippen molar-refractivity contribution in [1.29, 1.82) is 0 Å². The molecule has 1 aromatic heterocycles. The normalized spacial score (nSPS) is 8.45. The van der Waals surface area contributed by atoms with Gasteiger partial charge in [0, 0.05) is 7.05 Å². The molecule has 0 aromatic carbocycles. The number of hydrogen-bond acceptors (Lipinski definition) is 3. The number of halogens is 1. The van der Waals surface area contributed by atoms with Gasteiger partial charge in [-0.1, -0.05) is 0 Å². The summed E-state index contributed by atoms with van der Waals surface area (Å²) in [7, 11) is 1.76. The molecule has 1 aromatic rings. The molecule has 0 saturated heterocycles. The second-order valence-corrected chi connectivity index (χ2v) is 2.80. The number of aromatic carboxylic acids is 1. The van der Waals surface area contributed by atoms with Gasteiger partial charge in [-0.2, -0.15) is 0 Å². The summed E-state index contributed by atoms with van der Waals surface area (Å²) < 4.78 is 0. The number of carboxylic acids is 1. The average molecular weight is 194 g/mol. The van der Waals surface area contributed by atoms with Crippen molar-refractivity contribution in [3.8, 4) is 0 Å². The van der Waals surface area contributed by atoms with E-state index in [1.165, 1.54) is 11.3 Å². The van der Waals surface area contributed by atoms with Crippen LogP contribution in [0.5, 0.6) is 0 Å². The fraction of sp³-hybridized carbons (Fsp3) is 0.167. The van der Waals surface area contributed by atoms with Crippen molar-refractivity contribution in [3.05, 3.63) is 17.0 Å². The molecule has 0 atom stereocenters. The molecule has 2 N–H and O–H groups in total. The van der Waals surface area contributed by atoms with Crippen LogP contribution < -0.4 is 5.32 Å². The predicted molar refractivity (Wildman–Crippen MR) is 48.1 cm³/mol. The summed E-state index contributed by atoms with van der Waals surface area (Å²) in [6, 6.07) is 3.33. The van der Waals surface area contributed by atoms with Crippen LogP contribution in [0.1, 0.15) is 9.67 Å². The lowest BCUT2D eigenvalue weighted by Gasteiger charge is -1.87. The van der Waals surface area contributed by atoms with Crippen LogP contribution in [0.15, 0.2) is 12.1 Å². The van der Waals surface area contributed by atoms with E-state index in [4.69, 9.17) is 5.11 Å². The maximum Gasteiger partial charge on any atom is 0.345 e. The molecule has 0 aliphatic rings. The quantitative estimate of drug-likeness (QED) is 0.755. The van der Waals surface area contributed by atoms with Crippen molar-refractivity contribution in [2.24, 2.45) is 0 Å². The third-order valence-corrected chi connectivity index (χ3v) is 2.15. The first-order chi connectivity index (χ1) is 4.74. The maximum atomic E-state index is 10.3. The summed E-state index contributed by atoms with van der Waals surface area (Å²) in [5.41, 5.74) is 0. The molecule has 62 valence electrons. The summed E-state index contributed by atoms with van der Waals surface area (Å²) >= 11 is 1.23. The standard InChI is InChI=1S/C6H7NO2S.ClH/c1-7-5-3-2-4(10-5)6(8)9;/h2-3,7H,1H3,(H,8,9);1H. The first-order valence-electron chi connectivity index (χ1n) is 2.75. The smallest absolute Gasteiger partial charge is 0.345 e. The Morgan fingerprint density at radius 3 is 2.55 bits per heavy atom. The van der Waals surface area contributed by atoms with Gasteiger partial charge in [0.1, 0.15) is 4.88 Å². The van der Waals surface area contributed by atoms with E-state index in [-0.39, 0.29) is 12.4 Å². The fourth-order valence-electron chi connectivity index (χ4n) is 0.587. The first kappa shape index (κ1) is 10.3. The van der Waals surface area contributed by atoms with E-state index in [0.717, 1.165) is 5.00 Å². The van der Waals surface area contributed by atoms with Crippen molar-refractivity contribution in [2.45, 2.75) is 0 Å². The zero-order valence-corrected chi connectivity index (χ0v) is 7.46. The van der Waals surface area contributed by atoms with E-state index >= 15 is 0 Å². The monoisotopic (exact) mass is 193 g/mol. The summed E-state index contributed by atoms with van der Waals surface area (Å²) in [5.74, 6) is -0.869. The molecule has 3 nitrogen and oxygen atoms in total. The second-order valence-electron chi connectivity index (χ2n) is 1.72. The SMILES string of the molecule is CNc1ccc(C(=O)O)s1.Cl. The molecule has 0 radical (unpaired) electrons. The molecule has 0 spiro atoms. The predicted octanol–water partition coefficient (Wildman–Crippen LogP) is 1.91. The van der Waals surface area contributed by atoms with Gasteiger partial charge in [-0.15, -0.1) is 23.7 Å². The molecule has 0 bridgehead atoms. The minimum atomic E-state index is -0.869. The lowest BCUT2D eigenvalue weighted by atomic mass is 10.5. The number of hydrogen-bond donors (Lipinski definition) is 2. The molecule has 1 rings (SSSR count). The lowest BCUT2D eigenvalue weighted by molar-refractivity contribution is 0.0702. The van der Waals surface area contributed by atoms with E-state index in [1.54, 1.807) is 19.2 Å². The molecular weight excluding hydrogens is 186 g/mol. The minimum Gasteiger partial charge on any atom is -0.477 e. The number of carbonyl (C=O) groups is 1. The summed E-state index contributed by atoms with van der Waals surface area (Å²) in [6.07, 6.45) is 0. The Morgan fingerprint density at radius 2 is 2.27 bits per heavy atom. The van der Waals surface area contributed by atoms with Crippen LogP contribution in [0.3, 0.4) is 0 Å². The van der Waals surface area contributed by atoms with Gasteiger partial charge < -0.3 is 10.4 Å². The molecule has 0 amide bonds. The lowest BCUT2D eigenvalue weighted by Crippen LogP contribution is -1.89. The Labute approximate surface area is 74.5 Å². The molecule has 5 heteroatoms. The Balaban J connectivity index is 0.000001000. The minimum absolute atomic E-state index is 0.